The summed E-state index contributed by atoms with van der Waals surface area (Å²) in [5.41, 5.74) is 2.30. The summed E-state index contributed by atoms with van der Waals surface area (Å²) in [6, 6.07) is 8.30. The topological polar surface area (TPSA) is 31.2 Å². The number of hydrogen-bond acceptors (Lipinski definition) is 4. The monoisotopic (exact) mass is 214 g/mol. The first-order chi connectivity index (χ1) is 7.95. The van der Waals surface area contributed by atoms with Crippen LogP contribution in [0.5, 0.6) is 0 Å². The molecule has 0 unspecified atom stereocenters. The molecular formula is C12H14N4. The summed E-state index contributed by atoms with van der Waals surface area (Å²) in [5.74, 6) is 0. The van der Waals surface area contributed by atoms with Crippen molar-refractivity contribution in [2.24, 2.45) is 10.2 Å². The van der Waals surface area contributed by atoms with Gasteiger partial charge in [0.1, 0.15) is 0 Å². The molecule has 82 valence electrons. The van der Waals surface area contributed by atoms with E-state index in [4.69, 9.17) is 0 Å². The van der Waals surface area contributed by atoms with E-state index in [1.807, 2.05) is 34.6 Å². The fourth-order valence-corrected chi connectivity index (χ4v) is 2.05. The summed E-state index contributed by atoms with van der Waals surface area (Å²) in [5, 5.41) is 12.8. The van der Waals surface area contributed by atoms with Crippen LogP contribution in [0.15, 0.2) is 34.5 Å². The molecule has 4 nitrogen and oxygen atoms in total. The molecule has 1 aromatic rings. The number of hydrogen-bond donors (Lipinski definition) is 0. The van der Waals surface area contributed by atoms with Crippen LogP contribution in [0.3, 0.4) is 0 Å². The number of hydrazone groups is 2. The molecule has 0 atom stereocenters. The second kappa shape index (κ2) is 3.96. The van der Waals surface area contributed by atoms with E-state index < -0.39 is 0 Å². The van der Waals surface area contributed by atoms with E-state index in [0.29, 0.717) is 0 Å². The maximum atomic E-state index is 4.37. The van der Waals surface area contributed by atoms with Crippen molar-refractivity contribution in [3.63, 3.8) is 0 Å². The highest BCUT2D eigenvalue weighted by molar-refractivity contribution is 5.77. The van der Waals surface area contributed by atoms with Crippen LogP contribution < -0.4 is 10.0 Å². The average Bonchev–Trinajstić information content (AvgIpc) is 3.03. The fourth-order valence-electron chi connectivity index (χ4n) is 2.05. The van der Waals surface area contributed by atoms with Crippen LogP contribution in [-0.4, -0.2) is 25.5 Å². The van der Waals surface area contributed by atoms with Gasteiger partial charge in [0, 0.05) is 38.4 Å². The summed E-state index contributed by atoms with van der Waals surface area (Å²) >= 11 is 0. The highest BCUT2D eigenvalue weighted by Crippen LogP contribution is 2.31. The molecule has 0 fully saturated rings. The van der Waals surface area contributed by atoms with E-state index in [1.54, 1.807) is 0 Å². The van der Waals surface area contributed by atoms with Crippen molar-refractivity contribution in [1.82, 2.24) is 0 Å². The summed E-state index contributed by atoms with van der Waals surface area (Å²) in [6.07, 6.45) is 5.98. The summed E-state index contributed by atoms with van der Waals surface area (Å²) in [6.45, 7) is 1.93. The molecule has 0 saturated heterocycles. The molecule has 0 aromatic heterocycles. The lowest BCUT2D eigenvalue weighted by Crippen LogP contribution is -2.19. The fraction of sp³-hybridized carbons (Fsp3) is 0.333. The van der Waals surface area contributed by atoms with Crippen molar-refractivity contribution in [2.45, 2.75) is 12.8 Å². The number of benzene rings is 1. The Labute approximate surface area is 94.9 Å². The number of para-hydroxylation sites is 2. The SMILES string of the molecule is C1=NN(c2ccccc2N2CCC=N2)CC1. The van der Waals surface area contributed by atoms with E-state index in [-0.39, 0.29) is 0 Å². The van der Waals surface area contributed by atoms with Gasteiger partial charge < -0.3 is 0 Å². The first-order valence-electron chi connectivity index (χ1n) is 5.64. The quantitative estimate of drug-likeness (QED) is 0.754. The van der Waals surface area contributed by atoms with Gasteiger partial charge in [0.2, 0.25) is 0 Å². The molecular weight excluding hydrogens is 200 g/mol. The van der Waals surface area contributed by atoms with Gasteiger partial charge in [-0.05, 0) is 12.1 Å². The van der Waals surface area contributed by atoms with Gasteiger partial charge in [-0.1, -0.05) is 12.1 Å². The number of anilines is 2. The van der Waals surface area contributed by atoms with Crippen molar-refractivity contribution < 1.29 is 0 Å². The summed E-state index contributed by atoms with van der Waals surface area (Å²) < 4.78 is 0. The van der Waals surface area contributed by atoms with Crippen molar-refractivity contribution in [3.05, 3.63) is 24.3 Å². The Morgan fingerprint density at radius 3 is 1.69 bits per heavy atom. The van der Waals surface area contributed by atoms with E-state index in [1.165, 1.54) is 0 Å². The molecule has 0 aliphatic carbocycles. The molecule has 0 spiro atoms. The Balaban J connectivity index is 1.96. The maximum absolute atomic E-state index is 4.37. The highest BCUT2D eigenvalue weighted by Gasteiger charge is 2.17. The van der Waals surface area contributed by atoms with Crippen LogP contribution in [0.2, 0.25) is 0 Å². The molecule has 2 heterocycles. The lowest BCUT2D eigenvalue weighted by Gasteiger charge is -2.22. The zero-order valence-electron chi connectivity index (χ0n) is 9.08. The van der Waals surface area contributed by atoms with Gasteiger partial charge in [-0.3, -0.25) is 10.0 Å². The minimum absolute atomic E-state index is 0.967. The van der Waals surface area contributed by atoms with Gasteiger partial charge in [-0.2, -0.15) is 10.2 Å². The summed E-state index contributed by atoms with van der Waals surface area (Å²) in [7, 11) is 0. The maximum Gasteiger partial charge on any atom is 0.0846 e. The van der Waals surface area contributed by atoms with Gasteiger partial charge in [0.05, 0.1) is 11.4 Å². The molecule has 16 heavy (non-hydrogen) atoms. The molecule has 1 aromatic carbocycles. The van der Waals surface area contributed by atoms with Crippen LogP contribution in [0.25, 0.3) is 0 Å². The zero-order chi connectivity index (χ0) is 10.8. The third-order valence-corrected chi connectivity index (χ3v) is 2.82. The molecule has 2 aliphatic heterocycles. The van der Waals surface area contributed by atoms with E-state index >= 15 is 0 Å². The molecule has 0 N–H and O–H groups in total. The Bertz CT molecular complexity index is 397. The van der Waals surface area contributed by atoms with Crippen LogP contribution in [0.4, 0.5) is 11.4 Å². The van der Waals surface area contributed by atoms with Gasteiger partial charge in [-0.15, -0.1) is 0 Å². The second-order valence-corrected chi connectivity index (χ2v) is 3.91. The van der Waals surface area contributed by atoms with E-state index in [2.05, 4.69) is 22.3 Å². The Kier molecular flexibility index (Phi) is 2.33. The number of rotatable bonds is 2. The standard InChI is InChI=1S/C12H14N4/c1-2-6-12(16-10-4-8-14-16)11(5-1)15-9-3-7-13-15/h1-2,5-8H,3-4,9-10H2. The van der Waals surface area contributed by atoms with Crippen LogP contribution >= 0.6 is 0 Å². The van der Waals surface area contributed by atoms with Gasteiger partial charge >= 0.3 is 0 Å². The van der Waals surface area contributed by atoms with Gasteiger partial charge in [0.25, 0.3) is 0 Å². The summed E-state index contributed by atoms with van der Waals surface area (Å²) in [4.78, 5) is 0. The van der Waals surface area contributed by atoms with Crippen LogP contribution in [-0.2, 0) is 0 Å². The van der Waals surface area contributed by atoms with Crippen LogP contribution in [0, 0.1) is 0 Å². The lowest BCUT2D eigenvalue weighted by molar-refractivity contribution is 0.884. The average molecular weight is 214 g/mol. The Morgan fingerprint density at radius 1 is 0.812 bits per heavy atom. The molecule has 0 amide bonds. The largest absolute Gasteiger partial charge is 0.263 e. The molecule has 0 bridgehead atoms. The highest BCUT2D eigenvalue weighted by atomic mass is 15.5. The van der Waals surface area contributed by atoms with Crippen molar-refractivity contribution in [3.8, 4) is 0 Å². The predicted molar refractivity (Wildman–Crippen MR) is 67.4 cm³/mol. The predicted octanol–water partition coefficient (Wildman–Crippen LogP) is 2.08. The van der Waals surface area contributed by atoms with Crippen LogP contribution in [0.1, 0.15) is 12.8 Å². The Morgan fingerprint density at radius 2 is 1.31 bits per heavy atom. The number of nitrogens with zero attached hydrogens (tertiary/aromatic N) is 4. The van der Waals surface area contributed by atoms with Crippen molar-refractivity contribution in [2.75, 3.05) is 23.1 Å². The van der Waals surface area contributed by atoms with Crippen molar-refractivity contribution in [1.29, 1.82) is 0 Å². The minimum Gasteiger partial charge on any atom is -0.263 e. The molecule has 0 saturated carbocycles. The van der Waals surface area contributed by atoms with Gasteiger partial charge in [-0.25, -0.2) is 0 Å². The minimum atomic E-state index is 0.967. The molecule has 3 rings (SSSR count). The van der Waals surface area contributed by atoms with Gasteiger partial charge in [0.15, 0.2) is 0 Å². The smallest absolute Gasteiger partial charge is 0.0846 e. The lowest BCUT2D eigenvalue weighted by atomic mass is 10.2. The van der Waals surface area contributed by atoms with Crippen molar-refractivity contribution >= 4 is 23.8 Å². The zero-order valence-corrected chi connectivity index (χ0v) is 9.08. The third kappa shape index (κ3) is 1.56. The third-order valence-electron chi connectivity index (χ3n) is 2.82. The second-order valence-electron chi connectivity index (χ2n) is 3.91. The molecule has 0 radical (unpaired) electrons. The van der Waals surface area contributed by atoms with E-state index in [9.17, 15) is 0 Å². The Hall–Kier alpha value is -1.84. The first kappa shape index (κ1) is 9.39. The first-order valence-corrected chi connectivity index (χ1v) is 5.64. The van der Waals surface area contributed by atoms with E-state index in [0.717, 1.165) is 37.3 Å². The normalized spacial score (nSPS) is 18.8. The molecule has 4 heteroatoms. The molecule has 2 aliphatic rings.